The third-order valence-corrected chi connectivity index (χ3v) is 1.23. The van der Waals surface area contributed by atoms with Crippen molar-refractivity contribution in [3.05, 3.63) is 0 Å². The highest BCUT2D eigenvalue weighted by molar-refractivity contribution is 6.03. The molecule has 11 heavy (non-hydrogen) atoms. The van der Waals surface area contributed by atoms with Crippen LogP contribution in [0.5, 0.6) is 0 Å². The summed E-state index contributed by atoms with van der Waals surface area (Å²) in [4.78, 5) is 21.3. The molecule has 1 unspecified atom stereocenters. The van der Waals surface area contributed by atoms with E-state index in [0.29, 0.717) is 0 Å². The number of esters is 1. The van der Waals surface area contributed by atoms with Gasteiger partial charge in [0.25, 0.3) is 0 Å². The molecule has 0 amide bonds. The summed E-state index contributed by atoms with van der Waals surface area (Å²) in [6.45, 7) is 1.03. The van der Waals surface area contributed by atoms with Gasteiger partial charge < -0.3 is 14.6 Å². The summed E-state index contributed by atoms with van der Waals surface area (Å²) in [6.07, 6.45) is 0. The van der Waals surface area contributed by atoms with E-state index in [9.17, 15) is 9.59 Å². The third-order valence-electron chi connectivity index (χ3n) is 1.23. The molecule has 0 bridgehead atoms. The van der Waals surface area contributed by atoms with E-state index in [0.717, 1.165) is 21.1 Å². The Morgan fingerprint density at radius 1 is 1.36 bits per heavy atom. The maximum Gasteiger partial charge on any atom is 0.374 e. The molecule has 0 rings (SSSR count). The van der Waals surface area contributed by atoms with Crippen LogP contribution in [0.25, 0.3) is 0 Å². The van der Waals surface area contributed by atoms with Gasteiger partial charge in [-0.3, -0.25) is 4.79 Å². The highest BCUT2D eigenvalue weighted by Crippen LogP contribution is 2.08. The van der Waals surface area contributed by atoms with Gasteiger partial charge >= 0.3 is 11.8 Å². The second-order valence-electron chi connectivity index (χ2n) is 1.90. The zero-order chi connectivity index (χ0) is 9.07. The molecule has 0 heterocycles. The molecule has 64 valence electrons. The van der Waals surface area contributed by atoms with E-state index in [2.05, 4.69) is 9.47 Å². The van der Waals surface area contributed by atoms with Crippen molar-refractivity contribution in [3.63, 3.8) is 0 Å². The second kappa shape index (κ2) is 3.45. The molecular weight excluding hydrogens is 152 g/mol. The van der Waals surface area contributed by atoms with Crippen molar-refractivity contribution in [2.24, 2.45) is 0 Å². The normalized spacial score (nSPS) is 15.3. The number of hydrogen-bond donors (Lipinski definition) is 1. The van der Waals surface area contributed by atoms with Gasteiger partial charge in [0.1, 0.15) is 0 Å². The molecule has 0 aliphatic heterocycles. The van der Waals surface area contributed by atoms with Gasteiger partial charge in [-0.2, -0.15) is 0 Å². The van der Waals surface area contributed by atoms with Crippen molar-refractivity contribution in [2.75, 3.05) is 14.2 Å². The Balaban J connectivity index is 4.59. The first-order valence-corrected chi connectivity index (χ1v) is 2.86. The number of carbonyl (C=O) groups excluding carboxylic acids is 2. The topological polar surface area (TPSA) is 72.8 Å². The Hall–Kier alpha value is -0.940. The van der Waals surface area contributed by atoms with E-state index in [1.54, 1.807) is 0 Å². The van der Waals surface area contributed by atoms with Crippen LogP contribution in [0.4, 0.5) is 0 Å². The van der Waals surface area contributed by atoms with E-state index in [1.807, 2.05) is 0 Å². The van der Waals surface area contributed by atoms with E-state index in [-0.39, 0.29) is 0 Å². The SMILES string of the molecule is COC(=O)C(O)(OC)C(C)=O. The van der Waals surface area contributed by atoms with Crippen molar-refractivity contribution in [2.45, 2.75) is 12.7 Å². The summed E-state index contributed by atoms with van der Waals surface area (Å²) >= 11 is 0. The van der Waals surface area contributed by atoms with Crippen LogP contribution in [-0.4, -0.2) is 36.9 Å². The number of ketones is 1. The molecule has 1 N–H and O–H groups in total. The number of carbonyl (C=O) groups is 2. The van der Waals surface area contributed by atoms with Crippen molar-refractivity contribution in [1.29, 1.82) is 0 Å². The quantitative estimate of drug-likeness (QED) is 0.330. The van der Waals surface area contributed by atoms with Gasteiger partial charge in [0.05, 0.1) is 7.11 Å². The molecule has 0 aromatic heterocycles. The zero-order valence-corrected chi connectivity index (χ0v) is 6.58. The average molecular weight is 162 g/mol. The maximum atomic E-state index is 10.7. The van der Waals surface area contributed by atoms with E-state index >= 15 is 0 Å². The molecule has 0 saturated heterocycles. The number of aliphatic hydroxyl groups is 1. The Kier molecular flexibility index (Phi) is 3.16. The smallest absolute Gasteiger partial charge is 0.374 e. The van der Waals surface area contributed by atoms with Crippen molar-refractivity contribution >= 4 is 11.8 Å². The predicted octanol–water partition coefficient (Wildman–Crippen LogP) is -0.917. The van der Waals surface area contributed by atoms with Crippen molar-refractivity contribution in [1.82, 2.24) is 0 Å². The standard InChI is InChI=1S/C6H10O5/c1-4(7)6(9,11-3)5(8)10-2/h9H,1-3H3. The molecule has 0 aromatic rings. The first kappa shape index (κ1) is 10.1. The largest absolute Gasteiger partial charge is 0.465 e. The lowest BCUT2D eigenvalue weighted by atomic mass is 10.2. The molecule has 0 saturated carbocycles. The average Bonchev–Trinajstić information content (AvgIpc) is 2.01. The zero-order valence-electron chi connectivity index (χ0n) is 6.58. The fourth-order valence-corrected chi connectivity index (χ4v) is 0.509. The minimum Gasteiger partial charge on any atom is -0.465 e. The summed E-state index contributed by atoms with van der Waals surface area (Å²) in [7, 11) is 2.09. The summed E-state index contributed by atoms with van der Waals surface area (Å²) in [5.74, 6) is -4.38. The minimum atomic E-state index is -2.45. The number of ether oxygens (including phenoxy) is 2. The number of rotatable bonds is 3. The van der Waals surface area contributed by atoms with E-state index in [4.69, 9.17) is 5.11 Å². The molecule has 0 aliphatic carbocycles. The van der Waals surface area contributed by atoms with Crippen LogP contribution in [0.2, 0.25) is 0 Å². The molecule has 1 atom stereocenters. The Morgan fingerprint density at radius 3 is 1.91 bits per heavy atom. The highest BCUT2D eigenvalue weighted by Gasteiger charge is 2.42. The highest BCUT2D eigenvalue weighted by atomic mass is 16.7. The summed E-state index contributed by atoms with van der Waals surface area (Å²) in [6, 6.07) is 0. The molecule has 5 nitrogen and oxygen atoms in total. The molecule has 0 aromatic carbocycles. The van der Waals surface area contributed by atoms with Crippen LogP contribution in [0.15, 0.2) is 0 Å². The van der Waals surface area contributed by atoms with Crippen LogP contribution in [0, 0.1) is 0 Å². The number of methoxy groups -OCH3 is 2. The minimum absolute atomic E-state index is 0.813. The van der Waals surface area contributed by atoms with Crippen LogP contribution in [0.1, 0.15) is 6.92 Å². The van der Waals surface area contributed by atoms with Gasteiger partial charge in [-0.25, -0.2) is 4.79 Å². The summed E-state index contributed by atoms with van der Waals surface area (Å²) in [5, 5.41) is 9.12. The van der Waals surface area contributed by atoms with Crippen LogP contribution in [0.3, 0.4) is 0 Å². The van der Waals surface area contributed by atoms with Gasteiger partial charge in [-0.1, -0.05) is 0 Å². The third kappa shape index (κ3) is 1.75. The molecule has 5 heteroatoms. The Morgan fingerprint density at radius 2 is 1.82 bits per heavy atom. The van der Waals surface area contributed by atoms with Gasteiger partial charge in [-0.15, -0.1) is 0 Å². The van der Waals surface area contributed by atoms with Gasteiger partial charge in [0.2, 0.25) is 5.78 Å². The van der Waals surface area contributed by atoms with Crippen molar-refractivity contribution < 1.29 is 24.2 Å². The molecule has 0 fully saturated rings. The van der Waals surface area contributed by atoms with Gasteiger partial charge in [0.15, 0.2) is 0 Å². The fourth-order valence-electron chi connectivity index (χ4n) is 0.509. The maximum absolute atomic E-state index is 10.7. The fraction of sp³-hybridized carbons (Fsp3) is 0.667. The second-order valence-corrected chi connectivity index (χ2v) is 1.90. The van der Waals surface area contributed by atoms with Gasteiger partial charge in [0, 0.05) is 14.0 Å². The first-order chi connectivity index (χ1) is 4.99. The lowest BCUT2D eigenvalue weighted by Gasteiger charge is -2.19. The Bertz CT molecular complexity index is 176. The van der Waals surface area contributed by atoms with Gasteiger partial charge in [-0.05, 0) is 0 Å². The Labute approximate surface area is 63.9 Å². The number of hydrogen-bond acceptors (Lipinski definition) is 5. The molecule has 0 radical (unpaired) electrons. The monoisotopic (exact) mass is 162 g/mol. The van der Waals surface area contributed by atoms with Crippen molar-refractivity contribution in [3.8, 4) is 0 Å². The number of Topliss-reactive ketones (excluding diaryl/α,β-unsaturated/α-hetero) is 1. The van der Waals surface area contributed by atoms with E-state index in [1.165, 1.54) is 0 Å². The van der Waals surface area contributed by atoms with Crippen LogP contribution >= 0.6 is 0 Å². The lowest BCUT2D eigenvalue weighted by molar-refractivity contribution is -0.213. The summed E-state index contributed by atoms with van der Waals surface area (Å²) < 4.78 is 8.42. The molecular formula is C6H10O5. The van der Waals surface area contributed by atoms with Crippen LogP contribution in [-0.2, 0) is 19.1 Å². The first-order valence-electron chi connectivity index (χ1n) is 2.86. The van der Waals surface area contributed by atoms with E-state index < -0.39 is 17.5 Å². The van der Waals surface area contributed by atoms with Crippen LogP contribution < -0.4 is 0 Å². The lowest BCUT2D eigenvalue weighted by Crippen LogP contribution is -2.47. The predicted molar refractivity (Wildman–Crippen MR) is 34.7 cm³/mol. The summed E-state index contributed by atoms with van der Waals surface area (Å²) in [5.41, 5.74) is 0. The molecule has 0 spiro atoms. The molecule has 0 aliphatic rings.